The topological polar surface area (TPSA) is 85.7 Å². The van der Waals surface area contributed by atoms with Crippen LogP contribution in [0.2, 0.25) is 5.02 Å². The largest absolute Gasteiger partial charge is 0.444 e. The Morgan fingerprint density at radius 2 is 2.00 bits per heavy atom. The first-order chi connectivity index (χ1) is 13.5. The maximum absolute atomic E-state index is 14.3. The number of nitrogens with zero attached hydrogens (tertiary/aromatic N) is 3. The van der Waals surface area contributed by atoms with Gasteiger partial charge in [0.2, 0.25) is 0 Å². The fraction of sp³-hybridized carbons (Fsp3) is 0.421. The highest BCUT2D eigenvalue weighted by molar-refractivity contribution is 6.30. The number of hydroxylamine groups is 2. The number of ether oxygens (including phenoxy) is 1. The Morgan fingerprint density at radius 1 is 1.31 bits per heavy atom. The summed E-state index contributed by atoms with van der Waals surface area (Å²) in [5, 5.41) is 8.19. The molecule has 8 nitrogen and oxygen atoms in total. The number of alkyl carbamates (subject to hydrolysis) is 1. The van der Waals surface area contributed by atoms with E-state index >= 15 is 0 Å². The Kier molecular flexibility index (Phi) is 7.21. The molecule has 0 bridgehead atoms. The highest BCUT2D eigenvalue weighted by Gasteiger charge is 2.22. The molecule has 2 rings (SSSR count). The number of hydrogen-bond donors (Lipinski definition) is 1. The molecule has 0 fully saturated rings. The number of carbonyl (C=O) groups excluding carboxylic acids is 2. The molecule has 1 heterocycles. The number of benzene rings is 1. The van der Waals surface area contributed by atoms with Crippen molar-refractivity contribution in [3.05, 3.63) is 40.8 Å². The van der Waals surface area contributed by atoms with Crippen LogP contribution in [0.1, 0.15) is 31.3 Å². The van der Waals surface area contributed by atoms with Crippen molar-refractivity contribution in [2.45, 2.75) is 32.9 Å². The summed E-state index contributed by atoms with van der Waals surface area (Å²) in [6.45, 7) is 5.57. The Balaban J connectivity index is 2.26. The molecule has 0 aliphatic carbocycles. The first-order valence-corrected chi connectivity index (χ1v) is 9.22. The van der Waals surface area contributed by atoms with Crippen LogP contribution in [-0.2, 0) is 16.1 Å². The Bertz CT molecular complexity index is 895. The van der Waals surface area contributed by atoms with E-state index in [-0.39, 0.29) is 35.1 Å². The number of nitrogens with one attached hydrogen (secondary N) is 1. The van der Waals surface area contributed by atoms with Crippen molar-refractivity contribution in [3.63, 3.8) is 0 Å². The summed E-state index contributed by atoms with van der Waals surface area (Å²) in [5.74, 6) is -1.04. The number of carbonyl (C=O) groups is 2. The van der Waals surface area contributed by atoms with E-state index in [2.05, 4.69) is 10.4 Å². The molecule has 1 aromatic heterocycles. The van der Waals surface area contributed by atoms with Crippen molar-refractivity contribution in [1.82, 2.24) is 20.2 Å². The summed E-state index contributed by atoms with van der Waals surface area (Å²) in [6.07, 6.45) is -0.587. The first kappa shape index (κ1) is 22.6. The molecule has 0 aliphatic rings. The van der Waals surface area contributed by atoms with Crippen LogP contribution >= 0.6 is 11.6 Å². The van der Waals surface area contributed by atoms with Gasteiger partial charge in [-0.25, -0.2) is 14.2 Å². The van der Waals surface area contributed by atoms with Crippen LogP contribution in [0.15, 0.2) is 24.3 Å². The second-order valence-corrected chi connectivity index (χ2v) is 7.61. The van der Waals surface area contributed by atoms with E-state index in [0.29, 0.717) is 0 Å². The Labute approximate surface area is 173 Å². The second-order valence-electron chi connectivity index (χ2n) is 7.18. The third-order valence-corrected chi connectivity index (χ3v) is 3.99. The number of amides is 2. The average molecular weight is 427 g/mol. The minimum atomic E-state index is -0.628. The van der Waals surface area contributed by atoms with Crippen molar-refractivity contribution >= 4 is 23.6 Å². The molecule has 0 unspecified atom stereocenters. The molecule has 2 amide bonds. The summed E-state index contributed by atoms with van der Waals surface area (Å²) in [5.41, 5.74) is -0.00599. The molecule has 0 atom stereocenters. The fourth-order valence-corrected chi connectivity index (χ4v) is 2.57. The van der Waals surface area contributed by atoms with Crippen LogP contribution in [0.3, 0.4) is 0 Å². The van der Waals surface area contributed by atoms with E-state index in [1.807, 2.05) is 0 Å². The summed E-state index contributed by atoms with van der Waals surface area (Å²) in [4.78, 5) is 29.3. The van der Waals surface area contributed by atoms with Crippen LogP contribution in [0, 0.1) is 5.82 Å². The molecule has 0 saturated heterocycles. The summed E-state index contributed by atoms with van der Waals surface area (Å²) < 4.78 is 20.8. The number of aromatic nitrogens is 2. The van der Waals surface area contributed by atoms with E-state index in [9.17, 15) is 14.0 Å². The molecule has 0 saturated carbocycles. The molecule has 0 radical (unpaired) electrons. The number of halogens is 2. The molecule has 29 heavy (non-hydrogen) atoms. The second kappa shape index (κ2) is 9.23. The van der Waals surface area contributed by atoms with E-state index in [4.69, 9.17) is 21.2 Å². The number of rotatable bonds is 6. The van der Waals surface area contributed by atoms with Gasteiger partial charge in [0.1, 0.15) is 17.1 Å². The zero-order chi connectivity index (χ0) is 21.8. The molecule has 10 heteroatoms. The maximum Gasteiger partial charge on any atom is 0.407 e. The van der Waals surface area contributed by atoms with Gasteiger partial charge in [0, 0.05) is 24.2 Å². The summed E-state index contributed by atoms with van der Waals surface area (Å²) >= 11 is 5.80. The Morgan fingerprint density at radius 3 is 2.59 bits per heavy atom. The van der Waals surface area contributed by atoms with Gasteiger partial charge in [-0.3, -0.25) is 14.3 Å². The summed E-state index contributed by atoms with van der Waals surface area (Å²) in [7, 11) is 2.80. The zero-order valence-corrected chi connectivity index (χ0v) is 17.7. The highest BCUT2D eigenvalue weighted by atomic mass is 35.5. The van der Waals surface area contributed by atoms with Gasteiger partial charge in [-0.05, 0) is 45.0 Å². The molecule has 1 aromatic carbocycles. The smallest absolute Gasteiger partial charge is 0.407 e. The van der Waals surface area contributed by atoms with Crippen molar-refractivity contribution < 1.29 is 23.6 Å². The van der Waals surface area contributed by atoms with E-state index in [1.165, 1.54) is 43.1 Å². The first-order valence-electron chi connectivity index (χ1n) is 8.84. The number of hydrogen-bond acceptors (Lipinski definition) is 5. The van der Waals surface area contributed by atoms with Crippen molar-refractivity contribution in [2.24, 2.45) is 0 Å². The van der Waals surface area contributed by atoms with Crippen molar-refractivity contribution in [3.8, 4) is 11.3 Å². The van der Waals surface area contributed by atoms with Gasteiger partial charge < -0.3 is 10.1 Å². The zero-order valence-electron chi connectivity index (χ0n) is 17.0. The fourth-order valence-electron chi connectivity index (χ4n) is 2.41. The standard InChI is InChI=1S/C19H24ClFN4O4/c1-19(2,3)29-18(27)22-8-9-25-16(17(26)24(4)28-5)11-15(23-25)13-7-6-12(20)10-14(13)21/h6-7,10-11H,8-9H2,1-5H3,(H,22,27). The predicted molar refractivity (Wildman–Crippen MR) is 106 cm³/mol. The third-order valence-electron chi connectivity index (χ3n) is 3.76. The van der Waals surface area contributed by atoms with Gasteiger partial charge in [0.25, 0.3) is 5.91 Å². The molecule has 0 spiro atoms. The van der Waals surface area contributed by atoms with Crippen LogP contribution in [0.25, 0.3) is 11.3 Å². The van der Waals surface area contributed by atoms with Crippen molar-refractivity contribution in [2.75, 3.05) is 20.7 Å². The van der Waals surface area contributed by atoms with Gasteiger partial charge >= 0.3 is 6.09 Å². The summed E-state index contributed by atoms with van der Waals surface area (Å²) in [6, 6.07) is 5.64. The lowest BCUT2D eigenvalue weighted by Gasteiger charge is -2.20. The lowest BCUT2D eigenvalue weighted by atomic mass is 10.1. The lowest BCUT2D eigenvalue weighted by Crippen LogP contribution is -2.35. The van der Waals surface area contributed by atoms with Gasteiger partial charge in [-0.1, -0.05) is 11.6 Å². The third kappa shape index (κ3) is 6.16. The minimum absolute atomic E-state index is 0.149. The minimum Gasteiger partial charge on any atom is -0.444 e. The molecular formula is C19H24ClFN4O4. The normalized spacial score (nSPS) is 11.3. The Hall–Kier alpha value is -2.65. The van der Waals surface area contributed by atoms with E-state index in [0.717, 1.165) is 5.06 Å². The van der Waals surface area contributed by atoms with Crippen LogP contribution in [-0.4, -0.2) is 53.1 Å². The molecular weight excluding hydrogens is 403 g/mol. The van der Waals surface area contributed by atoms with Crippen LogP contribution < -0.4 is 5.32 Å². The molecule has 158 valence electrons. The van der Waals surface area contributed by atoms with Gasteiger partial charge in [0.15, 0.2) is 0 Å². The van der Waals surface area contributed by atoms with Gasteiger partial charge in [-0.15, -0.1) is 0 Å². The van der Waals surface area contributed by atoms with Gasteiger partial charge in [0.05, 0.1) is 19.3 Å². The molecule has 0 aliphatic heterocycles. The predicted octanol–water partition coefficient (Wildman–Crippen LogP) is 3.50. The average Bonchev–Trinajstić information content (AvgIpc) is 3.02. The monoisotopic (exact) mass is 426 g/mol. The van der Waals surface area contributed by atoms with Gasteiger partial charge in [-0.2, -0.15) is 5.10 Å². The lowest BCUT2D eigenvalue weighted by molar-refractivity contribution is -0.0763. The van der Waals surface area contributed by atoms with Crippen LogP contribution in [0.5, 0.6) is 0 Å². The van der Waals surface area contributed by atoms with E-state index in [1.54, 1.807) is 20.8 Å². The van der Waals surface area contributed by atoms with E-state index < -0.39 is 23.4 Å². The van der Waals surface area contributed by atoms with Crippen LogP contribution in [0.4, 0.5) is 9.18 Å². The van der Waals surface area contributed by atoms with Crippen molar-refractivity contribution in [1.29, 1.82) is 0 Å². The molecule has 1 N–H and O–H groups in total. The molecule has 2 aromatic rings. The quantitative estimate of drug-likeness (QED) is 0.714. The maximum atomic E-state index is 14.3. The SMILES string of the molecule is CON(C)C(=O)c1cc(-c2ccc(Cl)cc2F)nn1CCNC(=O)OC(C)(C)C. The highest BCUT2D eigenvalue weighted by Crippen LogP contribution is 2.25.